The maximum absolute atomic E-state index is 12.1. The summed E-state index contributed by atoms with van der Waals surface area (Å²) in [6, 6.07) is 23.3. The monoisotopic (exact) mass is 329 g/mol. The van der Waals surface area contributed by atoms with Gasteiger partial charge in [0.15, 0.2) is 5.75 Å². The molecule has 5 heteroatoms. The molecular weight excluding hydrogens is 314 g/mol. The van der Waals surface area contributed by atoms with E-state index in [2.05, 4.69) is 10.6 Å². The fraction of sp³-hybridized carbons (Fsp3) is 0. The predicted molar refractivity (Wildman–Crippen MR) is 97.3 cm³/mol. The number of anilines is 2. The number of hydrogen-bond donors (Lipinski definition) is 3. The Morgan fingerprint density at radius 2 is 1.52 bits per heavy atom. The summed E-state index contributed by atoms with van der Waals surface area (Å²) in [5, 5.41) is 24.0. The molecule has 0 saturated carbocycles. The average Bonchev–Trinajstić information content (AvgIpc) is 2.65. The SMILES string of the molecule is N#Cc1cccc(NC(=O)Nc2ccc(-c3ccccc3)cc2)c1O. The van der Waals surface area contributed by atoms with Crippen molar-refractivity contribution in [3.8, 4) is 22.9 Å². The molecule has 0 aliphatic rings. The van der Waals surface area contributed by atoms with Crippen LogP contribution >= 0.6 is 0 Å². The highest BCUT2D eigenvalue weighted by atomic mass is 16.3. The molecule has 0 unspecified atom stereocenters. The first-order valence-electron chi connectivity index (χ1n) is 7.63. The number of urea groups is 1. The first-order valence-corrected chi connectivity index (χ1v) is 7.63. The zero-order valence-electron chi connectivity index (χ0n) is 13.2. The normalized spacial score (nSPS) is 9.88. The van der Waals surface area contributed by atoms with E-state index in [-0.39, 0.29) is 17.0 Å². The highest BCUT2D eigenvalue weighted by Crippen LogP contribution is 2.27. The van der Waals surface area contributed by atoms with Crippen LogP contribution in [0, 0.1) is 11.3 Å². The molecule has 5 nitrogen and oxygen atoms in total. The summed E-state index contributed by atoms with van der Waals surface area (Å²) < 4.78 is 0. The van der Waals surface area contributed by atoms with Gasteiger partial charge < -0.3 is 15.7 Å². The summed E-state index contributed by atoms with van der Waals surface area (Å²) in [6.45, 7) is 0. The molecule has 0 fully saturated rings. The number of carbonyl (C=O) groups excluding carboxylic acids is 1. The van der Waals surface area contributed by atoms with Gasteiger partial charge in [0.2, 0.25) is 0 Å². The van der Waals surface area contributed by atoms with E-state index >= 15 is 0 Å². The molecule has 0 saturated heterocycles. The maximum atomic E-state index is 12.1. The molecule has 25 heavy (non-hydrogen) atoms. The lowest BCUT2D eigenvalue weighted by Crippen LogP contribution is -2.19. The number of carbonyl (C=O) groups is 1. The van der Waals surface area contributed by atoms with E-state index in [9.17, 15) is 9.90 Å². The van der Waals surface area contributed by atoms with Crippen LogP contribution in [0.1, 0.15) is 5.56 Å². The second-order valence-electron chi connectivity index (χ2n) is 5.34. The third-order valence-corrected chi connectivity index (χ3v) is 3.65. The molecule has 3 aromatic rings. The number of nitrogens with one attached hydrogen (secondary N) is 2. The number of aromatic hydroxyl groups is 1. The minimum Gasteiger partial charge on any atom is -0.504 e. The fourth-order valence-corrected chi connectivity index (χ4v) is 2.40. The number of phenolic OH excluding ortho intramolecular Hbond substituents is 1. The lowest BCUT2D eigenvalue weighted by Gasteiger charge is -2.10. The van der Waals surface area contributed by atoms with Gasteiger partial charge in [0.1, 0.15) is 6.07 Å². The lowest BCUT2D eigenvalue weighted by molar-refractivity contribution is 0.262. The average molecular weight is 329 g/mol. The molecule has 122 valence electrons. The second kappa shape index (κ2) is 7.20. The Morgan fingerprint density at radius 3 is 2.20 bits per heavy atom. The third kappa shape index (κ3) is 3.77. The summed E-state index contributed by atoms with van der Waals surface area (Å²) in [6.07, 6.45) is 0. The Labute approximate surface area is 145 Å². The van der Waals surface area contributed by atoms with E-state index in [4.69, 9.17) is 5.26 Å². The largest absolute Gasteiger partial charge is 0.504 e. The van der Waals surface area contributed by atoms with Crippen molar-refractivity contribution in [1.82, 2.24) is 0 Å². The highest BCUT2D eigenvalue weighted by Gasteiger charge is 2.10. The Balaban J connectivity index is 1.69. The Kier molecular flexibility index (Phi) is 4.63. The summed E-state index contributed by atoms with van der Waals surface area (Å²) in [5.41, 5.74) is 3.04. The number of nitrogens with zero attached hydrogens (tertiary/aromatic N) is 1. The second-order valence-corrected chi connectivity index (χ2v) is 5.34. The summed E-state index contributed by atoms with van der Waals surface area (Å²) in [5.74, 6) is -0.250. The molecule has 3 rings (SSSR count). The minimum absolute atomic E-state index is 0.102. The molecule has 0 aliphatic heterocycles. The van der Waals surface area contributed by atoms with E-state index in [0.29, 0.717) is 5.69 Å². The van der Waals surface area contributed by atoms with Crippen molar-refractivity contribution in [2.45, 2.75) is 0 Å². The quantitative estimate of drug-likeness (QED) is 0.615. The molecule has 0 spiro atoms. The number of hydrogen-bond acceptors (Lipinski definition) is 3. The number of amides is 2. The molecule has 0 aromatic heterocycles. The van der Waals surface area contributed by atoms with Crippen LogP contribution in [0.15, 0.2) is 72.8 Å². The van der Waals surface area contributed by atoms with Crippen molar-refractivity contribution in [3.63, 3.8) is 0 Å². The van der Waals surface area contributed by atoms with Crippen LogP contribution in [0.5, 0.6) is 5.75 Å². The molecule has 2 amide bonds. The molecule has 0 bridgehead atoms. The summed E-state index contributed by atoms with van der Waals surface area (Å²) in [4.78, 5) is 12.1. The van der Waals surface area contributed by atoms with E-state index in [1.807, 2.05) is 48.5 Å². The summed E-state index contributed by atoms with van der Waals surface area (Å²) in [7, 11) is 0. The van der Waals surface area contributed by atoms with Crippen LogP contribution in [0.25, 0.3) is 11.1 Å². The fourth-order valence-electron chi connectivity index (χ4n) is 2.40. The van der Waals surface area contributed by atoms with Crippen LogP contribution in [-0.4, -0.2) is 11.1 Å². The minimum atomic E-state index is -0.502. The standard InChI is InChI=1S/C20H15N3O2/c21-13-16-7-4-8-18(19(16)24)23-20(25)22-17-11-9-15(10-12-17)14-5-2-1-3-6-14/h1-12,24H,(H2,22,23,25). The van der Waals surface area contributed by atoms with Crippen molar-refractivity contribution in [2.24, 2.45) is 0 Å². The van der Waals surface area contributed by atoms with Gasteiger partial charge in [0.05, 0.1) is 11.3 Å². The number of benzene rings is 3. The number of rotatable bonds is 3. The first-order chi connectivity index (χ1) is 12.2. The van der Waals surface area contributed by atoms with Gasteiger partial charge >= 0.3 is 6.03 Å². The van der Waals surface area contributed by atoms with Crippen LogP contribution in [0.2, 0.25) is 0 Å². The topological polar surface area (TPSA) is 85.2 Å². The van der Waals surface area contributed by atoms with Crippen LogP contribution in [0.4, 0.5) is 16.2 Å². The van der Waals surface area contributed by atoms with Crippen molar-refractivity contribution in [2.75, 3.05) is 10.6 Å². The van der Waals surface area contributed by atoms with E-state index in [1.54, 1.807) is 18.2 Å². The van der Waals surface area contributed by atoms with Crippen molar-refractivity contribution < 1.29 is 9.90 Å². The molecular formula is C20H15N3O2. The zero-order chi connectivity index (χ0) is 17.6. The number of phenols is 1. The Morgan fingerprint density at radius 1 is 0.840 bits per heavy atom. The molecule has 0 atom stereocenters. The van der Waals surface area contributed by atoms with Crippen LogP contribution in [-0.2, 0) is 0 Å². The van der Waals surface area contributed by atoms with Crippen LogP contribution < -0.4 is 10.6 Å². The van der Waals surface area contributed by atoms with Gasteiger partial charge in [-0.2, -0.15) is 5.26 Å². The van der Waals surface area contributed by atoms with Gasteiger partial charge in [-0.1, -0.05) is 48.5 Å². The molecule has 0 heterocycles. The first kappa shape index (κ1) is 16.1. The van der Waals surface area contributed by atoms with Gasteiger partial charge in [0.25, 0.3) is 0 Å². The molecule has 0 aliphatic carbocycles. The molecule has 3 N–H and O–H groups in total. The smallest absolute Gasteiger partial charge is 0.323 e. The van der Waals surface area contributed by atoms with Crippen molar-refractivity contribution in [3.05, 3.63) is 78.4 Å². The van der Waals surface area contributed by atoms with Gasteiger partial charge in [-0.25, -0.2) is 4.79 Å². The number of para-hydroxylation sites is 1. The molecule has 0 radical (unpaired) electrons. The number of nitriles is 1. The van der Waals surface area contributed by atoms with E-state index in [0.717, 1.165) is 11.1 Å². The molecule has 3 aromatic carbocycles. The van der Waals surface area contributed by atoms with Gasteiger partial charge in [-0.05, 0) is 35.4 Å². The van der Waals surface area contributed by atoms with Crippen molar-refractivity contribution >= 4 is 17.4 Å². The predicted octanol–water partition coefficient (Wildman–Crippen LogP) is 4.57. The van der Waals surface area contributed by atoms with E-state index < -0.39 is 6.03 Å². The Bertz CT molecular complexity index is 929. The third-order valence-electron chi connectivity index (χ3n) is 3.65. The van der Waals surface area contributed by atoms with E-state index in [1.165, 1.54) is 12.1 Å². The zero-order valence-corrected chi connectivity index (χ0v) is 13.2. The van der Waals surface area contributed by atoms with Gasteiger partial charge in [-0.3, -0.25) is 0 Å². The maximum Gasteiger partial charge on any atom is 0.323 e. The van der Waals surface area contributed by atoms with Gasteiger partial charge in [0, 0.05) is 5.69 Å². The van der Waals surface area contributed by atoms with Crippen molar-refractivity contribution in [1.29, 1.82) is 5.26 Å². The Hall–Kier alpha value is -3.78. The lowest BCUT2D eigenvalue weighted by atomic mass is 10.1. The summed E-state index contributed by atoms with van der Waals surface area (Å²) >= 11 is 0. The van der Waals surface area contributed by atoms with Gasteiger partial charge in [-0.15, -0.1) is 0 Å². The highest BCUT2D eigenvalue weighted by molar-refractivity contribution is 6.01. The van der Waals surface area contributed by atoms with Crippen LogP contribution in [0.3, 0.4) is 0 Å².